The average Bonchev–Trinajstić information content (AvgIpc) is 2.37. The summed E-state index contributed by atoms with van der Waals surface area (Å²) in [4.78, 5) is 11.5. The fourth-order valence-corrected chi connectivity index (χ4v) is 2.66. The number of carbonyl (C=O) groups is 1. The topological polar surface area (TPSA) is 63.3 Å². The summed E-state index contributed by atoms with van der Waals surface area (Å²) in [6, 6.07) is 0. The summed E-state index contributed by atoms with van der Waals surface area (Å²) in [7, 11) is 0. The van der Waals surface area contributed by atoms with E-state index < -0.39 is 16.9 Å². The zero-order chi connectivity index (χ0) is 15.2. The molecule has 2 atom stereocenters. The minimum atomic E-state index is -0.887. The van der Waals surface area contributed by atoms with E-state index in [-0.39, 0.29) is 0 Å². The number of hydrogen-bond acceptors (Lipinski definition) is 2. The number of nitrogens with two attached hydrogens (primary N) is 1. The van der Waals surface area contributed by atoms with Gasteiger partial charge in [0.25, 0.3) is 0 Å². The molecule has 1 aliphatic rings. The molecule has 0 amide bonds. The van der Waals surface area contributed by atoms with Crippen LogP contribution in [0.2, 0.25) is 0 Å². The second-order valence-corrected chi connectivity index (χ2v) is 6.39. The van der Waals surface area contributed by atoms with Gasteiger partial charge in [-0.25, -0.2) is 0 Å². The smallest absolute Gasteiger partial charge is 0.317 e. The van der Waals surface area contributed by atoms with Crippen molar-refractivity contribution >= 4 is 5.97 Å². The summed E-state index contributed by atoms with van der Waals surface area (Å²) in [5.41, 5.74) is 5.65. The van der Waals surface area contributed by atoms with Gasteiger partial charge >= 0.3 is 5.97 Å². The van der Waals surface area contributed by atoms with Gasteiger partial charge in [0, 0.05) is 5.54 Å². The third-order valence-electron chi connectivity index (χ3n) is 4.17. The molecule has 0 heterocycles. The number of carboxylic acid groups (broad SMARTS) is 1. The van der Waals surface area contributed by atoms with Crippen molar-refractivity contribution in [1.29, 1.82) is 0 Å². The Bertz CT molecular complexity index is 396. The van der Waals surface area contributed by atoms with Crippen LogP contribution in [0.25, 0.3) is 0 Å². The van der Waals surface area contributed by atoms with Crippen molar-refractivity contribution in [2.45, 2.75) is 71.3 Å². The third kappa shape index (κ3) is 4.48. The van der Waals surface area contributed by atoms with Crippen LogP contribution < -0.4 is 5.73 Å². The molecule has 0 radical (unpaired) electrons. The van der Waals surface area contributed by atoms with Crippen molar-refractivity contribution in [2.24, 2.45) is 11.1 Å². The van der Waals surface area contributed by atoms with Crippen LogP contribution in [0.4, 0.5) is 0 Å². The van der Waals surface area contributed by atoms with E-state index in [1.165, 1.54) is 25.7 Å². The van der Waals surface area contributed by atoms with E-state index >= 15 is 0 Å². The van der Waals surface area contributed by atoms with E-state index in [9.17, 15) is 9.90 Å². The van der Waals surface area contributed by atoms with Gasteiger partial charge in [0.05, 0.1) is 0 Å². The second-order valence-electron chi connectivity index (χ2n) is 6.39. The summed E-state index contributed by atoms with van der Waals surface area (Å²) in [6.45, 7) is 5.88. The van der Waals surface area contributed by atoms with E-state index in [4.69, 9.17) is 5.73 Å². The first-order chi connectivity index (χ1) is 9.32. The van der Waals surface area contributed by atoms with Crippen LogP contribution in [0.15, 0.2) is 23.8 Å². The molecule has 1 rings (SSSR count). The normalized spacial score (nSPS) is 29.3. The number of unbranched alkanes of at least 4 members (excludes halogenated alkanes) is 5. The molecular weight excluding hydrogens is 250 g/mol. The molecule has 0 saturated heterocycles. The van der Waals surface area contributed by atoms with Gasteiger partial charge in [-0.05, 0) is 26.7 Å². The van der Waals surface area contributed by atoms with Crippen molar-refractivity contribution in [3.8, 4) is 0 Å². The molecule has 3 heteroatoms. The molecule has 0 bridgehead atoms. The van der Waals surface area contributed by atoms with Crippen molar-refractivity contribution < 1.29 is 9.90 Å². The SMILES string of the molecule is CCCCCCCCC1=CC(C)(N)C=CC1(C)C(=O)O. The van der Waals surface area contributed by atoms with Crippen LogP contribution in [0.1, 0.15) is 65.7 Å². The van der Waals surface area contributed by atoms with Crippen molar-refractivity contribution in [1.82, 2.24) is 0 Å². The zero-order valence-corrected chi connectivity index (χ0v) is 13.1. The Morgan fingerprint density at radius 1 is 1.15 bits per heavy atom. The Hall–Kier alpha value is -1.09. The summed E-state index contributed by atoms with van der Waals surface area (Å²) in [6.07, 6.45) is 13.6. The summed E-state index contributed by atoms with van der Waals surface area (Å²) in [5.74, 6) is -0.790. The Kier molecular flexibility index (Phi) is 6.00. The maximum absolute atomic E-state index is 11.5. The van der Waals surface area contributed by atoms with Crippen LogP contribution >= 0.6 is 0 Å². The summed E-state index contributed by atoms with van der Waals surface area (Å²) < 4.78 is 0. The van der Waals surface area contributed by atoms with Gasteiger partial charge in [-0.15, -0.1) is 0 Å². The molecule has 0 aromatic rings. The van der Waals surface area contributed by atoms with Crippen LogP contribution in [-0.2, 0) is 4.79 Å². The molecule has 1 aliphatic carbocycles. The first-order valence-corrected chi connectivity index (χ1v) is 7.77. The van der Waals surface area contributed by atoms with Crippen molar-refractivity contribution in [3.05, 3.63) is 23.8 Å². The molecule has 0 aliphatic heterocycles. The molecule has 0 aromatic carbocycles. The molecule has 0 fully saturated rings. The standard InChI is InChI=1S/C17H29NO2/c1-4-5-6-7-8-9-10-14-13-16(2,18)11-12-17(14,3)15(19)20/h11-13H,4-10,18H2,1-3H3,(H,19,20). The van der Waals surface area contributed by atoms with E-state index in [0.29, 0.717) is 0 Å². The fourth-order valence-electron chi connectivity index (χ4n) is 2.66. The minimum Gasteiger partial charge on any atom is -0.480 e. The quantitative estimate of drug-likeness (QED) is 0.520. The lowest BCUT2D eigenvalue weighted by molar-refractivity contribution is -0.143. The lowest BCUT2D eigenvalue weighted by atomic mass is 9.72. The summed E-state index contributed by atoms with van der Waals surface area (Å²) in [5, 5.41) is 9.48. The van der Waals surface area contributed by atoms with Gasteiger partial charge in [-0.3, -0.25) is 4.79 Å². The number of carboxylic acids is 1. The molecule has 2 unspecified atom stereocenters. The predicted molar refractivity (Wildman–Crippen MR) is 83.6 cm³/mol. The maximum atomic E-state index is 11.5. The van der Waals surface area contributed by atoms with Crippen molar-refractivity contribution in [2.75, 3.05) is 0 Å². The predicted octanol–water partition coefficient (Wildman–Crippen LogP) is 4.04. The van der Waals surface area contributed by atoms with Gasteiger partial charge in [0.1, 0.15) is 5.41 Å². The highest BCUT2D eigenvalue weighted by Crippen LogP contribution is 2.38. The molecular formula is C17H29NO2. The van der Waals surface area contributed by atoms with Crippen LogP contribution in [-0.4, -0.2) is 16.6 Å². The molecule has 0 aromatic heterocycles. The van der Waals surface area contributed by atoms with Crippen LogP contribution in [0.5, 0.6) is 0 Å². The van der Waals surface area contributed by atoms with E-state index in [2.05, 4.69) is 6.92 Å². The minimum absolute atomic E-state index is 0.521. The molecule has 3 N–H and O–H groups in total. The first-order valence-electron chi connectivity index (χ1n) is 7.77. The Morgan fingerprint density at radius 3 is 2.35 bits per heavy atom. The van der Waals surface area contributed by atoms with Gasteiger partial charge in [-0.1, -0.05) is 62.8 Å². The van der Waals surface area contributed by atoms with Gasteiger partial charge in [0.15, 0.2) is 0 Å². The van der Waals surface area contributed by atoms with E-state index in [1.807, 2.05) is 13.0 Å². The largest absolute Gasteiger partial charge is 0.480 e. The van der Waals surface area contributed by atoms with Crippen LogP contribution in [0.3, 0.4) is 0 Å². The maximum Gasteiger partial charge on any atom is 0.317 e. The number of hydrogen-bond donors (Lipinski definition) is 2. The van der Waals surface area contributed by atoms with Crippen LogP contribution in [0, 0.1) is 5.41 Å². The number of aliphatic carboxylic acids is 1. The Morgan fingerprint density at radius 2 is 1.75 bits per heavy atom. The van der Waals surface area contributed by atoms with Gasteiger partial charge in [-0.2, -0.15) is 0 Å². The average molecular weight is 279 g/mol. The lowest BCUT2D eigenvalue weighted by Crippen LogP contribution is -2.39. The Balaban J connectivity index is 2.59. The highest BCUT2D eigenvalue weighted by atomic mass is 16.4. The lowest BCUT2D eigenvalue weighted by Gasteiger charge is -2.33. The van der Waals surface area contributed by atoms with E-state index in [0.717, 1.165) is 24.8 Å². The molecule has 3 nitrogen and oxygen atoms in total. The monoisotopic (exact) mass is 279 g/mol. The van der Waals surface area contributed by atoms with Crippen molar-refractivity contribution in [3.63, 3.8) is 0 Å². The van der Waals surface area contributed by atoms with Gasteiger partial charge in [0.2, 0.25) is 0 Å². The summed E-state index contributed by atoms with van der Waals surface area (Å²) >= 11 is 0. The van der Waals surface area contributed by atoms with Gasteiger partial charge < -0.3 is 10.8 Å². The van der Waals surface area contributed by atoms with E-state index in [1.54, 1.807) is 19.1 Å². The first kappa shape index (κ1) is 17.0. The zero-order valence-electron chi connectivity index (χ0n) is 13.1. The molecule has 0 saturated carbocycles. The second kappa shape index (κ2) is 7.07. The molecule has 20 heavy (non-hydrogen) atoms. The fraction of sp³-hybridized carbons (Fsp3) is 0.706. The highest BCUT2D eigenvalue weighted by Gasteiger charge is 2.38. The molecule has 0 spiro atoms. The Labute approximate surface area is 122 Å². The molecule has 114 valence electrons. The third-order valence-corrected chi connectivity index (χ3v) is 4.17. The highest BCUT2D eigenvalue weighted by molar-refractivity contribution is 5.81. The number of rotatable bonds is 8.